The first-order valence-electron chi connectivity index (χ1n) is 5.52. The number of amides is 2. The molecule has 6 nitrogen and oxygen atoms in total. The van der Waals surface area contributed by atoms with Gasteiger partial charge in [-0.1, -0.05) is 11.6 Å². The summed E-state index contributed by atoms with van der Waals surface area (Å²) >= 11 is 5.79. The van der Waals surface area contributed by atoms with Crippen molar-refractivity contribution in [2.75, 3.05) is 20.2 Å². The molecule has 0 fully saturated rings. The summed E-state index contributed by atoms with van der Waals surface area (Å²) in [6.07, 6.45) is 0. The topological polar surface area (TPSA) is 77.3 Å². The van der Waals surface area contributed by atoms with Gasteiger partial charge in [0.15, 0.2) is 5.84 Å². The molecule has 0 spiro atoms. The minimum Gasteiger partial charge on any atom is -0.395 e. The van der Waals surface area contributed by atoms with Crippen LogP contribution in [0.15, 0.2) is 34.4 Å². The Hall–Kier alpha value is -1.92. The number of benzene rings is 1. The van der Waals surface area contributed by atoms with Crippen LogP contribution in [-0.4, -0.2) is 48.9 Å². The number of rotatable bonds is 4. The van der Waals surface area contributed by atoms with Gasteiger partial charge in [-0.05, 0) is 31.0 Å². The third-order valence-electron chi connectivity index (χ3n) is 2.18. The van der Waals surface area contributed by atoms with Gasteiger partial charge in [0.05, 0.1) is 6.61 Å². The Morgan fingerprint density at radius 1 is 1.47 bits per heavy atom. The highest BCUT2D eigenvalue weighted by Crippen LogP contribution is 2.11. The number of nitrogens with zero attached hydrogens (tertiary/aromatic N) is 3. The van der Waals surface area contributed by atoms with Gasteiger partial charge < -0.3 is 10.4 Å². The molecule has 1 rings (SSSR count). The van der Waals surface area contributed by atoms with Gasteiger partial charge in [-0.2, -0.15) is 0 Å². The molecule has 0 heterocycles. The Kier molecular flexibility index (Phi) is 5.98. The third-order valence-corrected chi connectivity index (χ3v) is 2.43. The van der Waals surface area contributed by atoms with E-state index in [0.717, 1.165) is 5.01 Å². The van der Waals surface area contributed by atoms with Gasteiger partial charge in [0.25, 0.3) is 0 Å². The highest BCUT2D eigenvalue weighted by molar-refractivity contribution is 6.30. The molecule has 0 saturated heterocycles. The Bertz CT molecular complexity index is 473. The number of carbonyl (C=O) groups excluding carboxylic acids is 1. The van der Waals surface area contributed by atoms with Gasteiger partial charge in [-0.25, -0.2) is 14.8 Å². The van der Waals surface area contributed by atoms with Crippen molar-refractivity contribution in [3.05, 3.63) is 34.9 Å². The molecule has 19 heavy (non-hydrogen) atoms. The number of aliphatic imine (C=N–C) groups is 1. The van der Waals surface area contributed by atoms with Crippen molar-refractivity contribution in [3.8, 4) is 0 Å². The number of aliphatic hydroxyl groups is 1. The van der Waals surface area contributed by atoms with E-state index in [1.807, 2.05) is 0 Å². The number of carbonyl (C=O) groups is 1. The molecule has 0 aliphatic rings. The maximum absolute atomic E-state index is 11.6. The second kappa shape index (κ2) is 7.50. The summed E-state index contributed by atoms with van der Waals surface area (Å²) in [7, 11) is 1.48. The van der Waals surface area contributed by atoms with Crippen molar-refractivity contribution in [3.63, 3.8) is 0 Å². The first-order valence-corrected chi connectivity index (χ1v) is 5.90. The van der Waals surface area contributed by atoms with Gasteiger partial charge in [0.2, 0.25) is 0 Å². The summed E-state index contributed by atoms with van der Waals surface area (Å²) in [4.78, 5) is 15.3. The molecule has 2 N–H and O–H groups in total. The van der Waals surface area contributed by atoms with Crippen LogP contribution in [0.25, 0.3) is 0 Å². The number of urea groups is 1. The fourth-order valence-electron chi connectivity index (χ4n) is 1.24. The maximum atomic E-state index is 11.6. The molecule has 102 valence electrons. The number of aliphatic hydroxyl groups excluding tert-OH is 1. The average molecular weight is 283 g/mol. The van der Waals surface area contributed by atoms with Gasteiger partial charge >= 0.3 is 6.03 Å². The van der Waals surface area contributed by atoms with E-state index in [2.05, 4.69) is 22.1 Å². The quantitative estimate of drug-likeness (QED) is 0.497. The highest BCUT2D eigenvalue weighted by Gasteiger charge is 2.08. The predicted molar refractivity (Wildman–Crippen MR) is 75.8 cm³/mol. The van der Waals surface area contributed by atoms with Crippen LogP contribution >= 0.6 is 11.6 Å². The largest absolute Gasteiger partial charge is 0.395 e. The molecule has 1 aromatic rings. The highest BCUT2D eigenvalue weighted by atomic mass is 35.5. The second-order valence-electron chi connectivity index (χ2n) is 3.57. The summed E-state index contributed by atoms with van der Waals surface area (Å²) in [5, 5.41) is 16.8. The summed E-state index contributed by atoms with van der Waals surface area (Å²) in [6.45, 7) is 3.45. The molecule has 0 saturated carbocycles. The molecule has 0 aliphatic heterocycles. The number of hydrogen-bond acceptors (Lipinski definition) is 3. The minimum absolute atomic E-state index is 0.132. The van der Waals surface area contributed by atoms with Gasteiger partial charge in [0.1, 0.15) is 0 Å². The Morgan fingerprint density at radius 3 is 2.63 bits per heavy atom. The molecule has 0 aromatic heterocycles. The van der Waals surface area contributed by atoms with Crippen molar-refractivity contribution in [2.24, 2.45) is 10.1 Å². The monoisotopic (exact) mass is 282 g/mol. The molecule has 2 amide bonds. The number of hydrazone groups is 1. The van der Waals surface area contributed by atoms with Gasteiger partial charge in [0, 0.05) is 24.2 Å². The molecule has 1 aromatic carbocycles. The number of nitrogens with one attached hydrogen (secondary N) is 1. The normalized spacial score (nSPS) is 11.0. The van der Waals surface area contributed by atoms with Crippen molar-refractivity contribution in [2.45, 2.75) is 0 Å². The van der Waals surface area contributed by atoms with Crippen LogP contribution in [0.5, 0.6) is 0 Å². The molecule has 0 unspecified atom stereocenters. The van der Waals surface area contributed by atoms with E-state index in [4.69, 9.17) is 16.7 Å². The van der Waals surface area contributed by atoms with Crippen LogP contribution in [0.3, 0.4) is 0 Å². The van der Waals surface area contributed by atoms with Crippen molar-refractivity contribution >= 4 is 30.2 Å². The zero-order chi connectivity index (χ0) is 14.3. The van der Waals surface area contributed by atoms with Crippen LogP contribution in [0.1, 0.15) is 5.56 Å². The Morgan fingerprint density at radius 2 is 2.11 bits per heavy atom. The summed E-state index contributed by atoms with van der Waals surface area (Å²) < 4.78 is 0. The lowest BCUT2D eigenvalue weighted by atomic mass is 10.2. The molecular weight excluding hydrogens is 268 g/mol. The smallest absolute Gasteiger partial charge is 0.337 e. The second-order valence-corrected chi connectivity index (χ2v) is 4.00. The Balaban J connectivity index is 2.84. The molecule has 0 radical (unpaired) electrons. The van der Waals surface area contributed by atoms with Crippen LogP contribution in [0, 0.1) is 0 Å². The van der Waals surface area contributed by atoms with Gasteiger partial charge in [-0.15, -0.1) is 5.10 Å². The first kappa shape index (κ1) is 15.1. The Labute approximate surface area is 116 Å². The standard InChI is InChI=1S/C12H15ClN4O2/c1-14-11(9-3-5-10(13)6-4-9)16-17(2)12(19)15-7-8-18/h3-6,18H,1,7-8H2,2H3,(H,15,19). The lowest BCUT2D eigenvalue weighted by Gasteiger charge is -2.13. The van der Waals surface area contributed by atoms with Crippen LogP contribution in [0.2, 0.25) is 5.02 Å². The van der Waals surface area contributed by atoms with Crippen LogP contribution in [0.4, 0.5) is 4.79 Å². The molecule has 0 aliphatic carbocycles. The van der Waals surface area contributed by atoms with Crippen LogP contribution < -0.4 is 5.32 Å². The van der Waals surface area contributed by atoms with E-state index in [1.165, 1.54) is 7.05 Å². The summed E-state index contributed by atoms with van der Waals surface area (Å²) in [5.41, 5.74) is 0.696. The first-order chi connectivity index (χ1) is 9.08. The van der Waals surface area contributed by atoms with Crippen LogP contribution in [-0.2, 0) is 0 Å². The number of hydrogen-bond donors (Lipinski definition) is 2. The van der Waals surface area contributed by atoms with E-state index >= 15 is 0 Å². The molecular formula is C12H15ClN4O2. The van der Waals surface area contributed by atoms with Crippen molar-refractivity contribution in [1.82, 2.24) is 10.3 Å². The van der Waals surface area contributed by atoms with E-state index in [0.29, 0.717) is 16.4 Å². The summed E-state index contributed by atoms with van der Waals surface area (Å²) in [6, 6.07) is 6.42. The molecule has 7 heteroatoms. The van der Waals surface area contributed by atoms with E-state index in [1.54, 1.807) is 24.3 Å². The fourth-order valence-corrected chi connectivity index (χ4v) is 1.37. The fraction of sp³-hybridized carbons (Fsp3) is 0.250. The lowest BCUT2D eigenvalue weighted by molar-refractivity contribution is 0.205. The number of halogens is 1. The molecule has 0 atom stereocenters. The van der Waals surface area contributed by atoms with E-state index in [-0.39, 0.29) is 13.2 Å². The number of amidine groups is 1. The van der Waals surface area contributed by atoms with Crippen molar-refractivity contribution in [1.29, 1.82) is 0 Å². The zero-order valence-electron chi connectivity index (χ0n) is 10.5. The summed E-state index contributed by atoms with van der Waals surface area (Å²) in [5.74, 6) is 0.304. The lowest BCUT2D eigenvalue weighted by Crippen LogP contribution is -2.36. The predicted octanol–water partition coefficient (Wildman–Crippen LogP) is 1.34. The third kappa shape index (κ3) is 4.69. The zero-order valence-corrected chi connectivity index (χ0v) is 11.3. The van der Waals surface area contributed by atoms with Gasteiger partial charge in [-0.3, -0.25) is 0 Å². The van der Waals surface area contributed by atoms with Crippen molar-refractivity contribution < 1.29 is 9.90 Å². The maximum Gasteiger partial charge on any atom is 0.337 e. The van der Waals surface area contributed by atoms with E-state index in [9.17, 15) is 4.79 Å². The SMILES string of the molecule is C=NC(=NN(C)C(=O)NCCO)c1ccc(Cl)cc1. The van der Waals surface area contributed by atoms with E-state index < -0.39 is 6.03 Å². The minimum atomic E-state index is -0.441. The average Bonchev–Trinajstić information content (AvgIpc) is 2.42. The molecule has 0 bridgehead atoms.